The maximum atomic E-state index is 2.63. The smallest absolute Gasteiger partial charge is 0.0505 e. The molecule has 1 spiro atoms. The van der Waals surface area contributed by atoms with Crippen molar-refractivity contribution in [2.24, 2.45) is 11.8 Å². The standard InChI is InChI=1S/C70H58N2/c1-69(2)62-33-17-16-32-60(62)61-43-41-57(46-63(61)69)72(55-29-10-5-11-30-55)65-35-19-24-51-45-53-26-14-13-25-52-44-50-23-18-34-64(67(50)70(52,53)68(51)65)71(54-27-8-4-9-28-54)56-39-36-48(37-40-56)59-42-38-47-20-12-15-31-58(47)66(59)49-21-6-3-7-22-49/h3-12,15-24,27-43,46,52-53H,13-14,25-26,44-45H2,1-2H3. The van der Waals surface area contributed by atoms with Gasteiger partial charge in [0.05, 0.1) is 11.4 Å². The molecule has 2 heteroatoms. The number of para-hydroxylation sites is 2. The van der Waals surface area contributed by atoms with Gasteiger partial charge in [-0.2, -0.15) is 0 Å². The number of fused-ring (bicyclic) bond motifs is 6. The van der Waals surface area contributed by atoms with Crippen LogP contribution < -0.4 is 9.80 Å². The van der Waals surface area contributed by atoms with Gasteiger partial charge < -0.3 is 9.80 Å². The molecule has 0 aromatic heterocycles. The molecule has 2 nitrogen and oxygen atoms in total. The lowest BCUT2D eigenvalue weighted by atomic mass is 9.63. The minimum atomic E-state index is -0.184. The molecular formula is C70H58N2. The number of hydrogen-bond acceptors (Lipinski definition) is 2. The van der Waals surface area contributed by atoms with Crippen molar-refractivity contribution in [2.45, 2.75) is 63.2 Å². The van der Waals surface area contributed by atoms with Gasteiger partial charge in [0, 0.05) is 33.6 Å². The highest BCUT2D eigenvalue weighted by atomic mass is 15.2. The zero-order valence-electron chi connectivity index (χ0n) is 41.2. The first kappa shape index (κ1) is 42.9. The van der Waals surface area contributed by atoms with Crippen molar-refractivity contribution in [3.8, 4) is 33.4 Å². The molecule has 1 saturated carbocycles. The molecular weight excluding hydrogens is 869 g/mol. The van der Waals surface area contributed by atoms with Crippen LogP contribution >= 0.6 is 0 Å². The van der Waals surface area contributed by atoms with E-state index in [0.717, 1.165) is 12.8 Å². The number of rotatable bonds is 8. The fraction of sp³-hybridized carbons (Fsp3) is 0.171. The normalized spacial score (nSPS) is 18.8. The van der Waals surface area contributed by atoms with E-state index in [0.29, 0.717) is 11.8 Å². The Kier molecular flexibility index (Phi) is 10.0. The quantitative estimate of drug-likeness (QED) is 0.150. The van der Waals surface area contributed by atoms with E-state index in [9.17, 15) is 0 Å². The third-order valence-electron chi connectivity index (χ3n) is 17.4. The topological polar surface area (TPSA) is 6.48 Å². The van der Waals surface area contributed by atoms with Gasteiger partial charge in [-0.15, -0.1) is 0 Å². The second kappa shape index (κ2) is 16.8. The first-order chi connectivity index (χ1) is 35.5. The predicted octanol–water partition coefficient (Wildman–Crippen LogP) is 18.6. The van der Waals surface area contributed by atoms with E-state index in [1.54, 1.807) is 11.1 Å². The lowest BCUT2D eigenvalue weighted by Crippen LogP contribution is -2.39. The lowest BCUT2D eigenvalue weighted by Gasteiger charge is -2.43. The van der Waals surface area contributed by atoms with E-state index in [4.69, 9.17) is 0 Å². The Morgan fingerprint density at radius 3 is 1.56 bits per heavy atom. The Hall–Kier alpha value is -7.94. The molecule has 0 bridgehead atoms. The van der Waals surface area contributed by atoms with Gasteiger partial charge in [0.15, 0.2) is 0 Å². The summed E-state index contributed by atoms with van der Waals surface area (Å²) in [6.07, 6.45) is 7.19. The second-order valence-electron chi connectivity index (χ2n) is 21.4. The summed E-state index contributed by atoms with van der Waals surface area (Å²) in [5.41, 5.74) is 23.7. The van der Waals surface area contributed by atoms with Crippen LogP contribution in [-0.4, -0.2) is 0 Å². The van der Waals surface area contributed by atoms with Crippen molar-refractivity contribution < 1.29 is 0 Å². The first-order valence-electron chi connectivity index (χ1n) is 26.4. The van der Waals surface area contributed by atoms with Gasteiger partial charge >= 0.3 is 0 Å². The summed E-state index contributed by atoms with van der Waals surface area (Å²) in [5.74, 6) is 0.970. The van der Waals surface area contributed by atoms with Crippen molar-refractivity contribution in [3.05, 3.63) is 264 Å². The summed E-state index contributed by atoms with van der Waals surface area (Å²) in [7, 11) is 0. The number of nitrogens with zero attached hydrogens (tertiary/aromatic N) is 2. The van der Waals surface area contributed by atoms with Gasteiger partial charge in [-0.1, -0.05) is 197 Å². The molecule has 10 aromatic carbocycles. The van der Waals surface area contributed by atoms with Crippen LogP contribution in [0, 0.1) is 11.8 Å². The Morgan fingerprint density at radius 1 is 0.389 bits per heavy atom. The van der Waals surface area contributed by atoms with E-state index in [1.807, 2.05) is 0 Å². The predicted molar refractivity (Wildman–Crippen MR) is 302 cm³/mol. The van der Waals surface area contributed by atoms with Crippen LogP contribution in [0.2, 0.25) is 0 Å². The zero-order chi connectivity index (χ0) is 48.0. The van der Waals surface area contributed by atoms with Crippen LogP contribution in [0.25, 0.3) is 44.2 Å². The van der Waals surface area contributed by atoms with Crippen LogP contribution in [0.3, 0.4) is 0 Å². The fourth-order valence-corrected chi connectivity index (χ4v) is 14.5. The maximum absolute atomic E-state index is 2.63. The molecule has 348 valence electrons. The molecule has 4 aliphatic rings. The zero-order valence-corrected chi connectivity index (χ0v) is 41.2. The molecule has 4 aliphatic carbocycles. The molecule has 3 unspecified atom stereocenters. The highest BCUT2D eigenvalue weighted by molar-refractivity contribution is 6.04. The summed E-state index contributed by atoms with van der Waals surface area (Å²) in [4.78, 5) is 5.22. The van der Waals surface area contributed by atoms with Crippen molar-refractivity contribution in [2.75, 3.05) is 9.80 Å². The third kappa shape index (κ3) is 6.47. The first-order valence-corrected chi connectivity index (χ1v) is 26.4. The monoisotopic (exact) mass is 926 g/mol. The second-order valence-corrected chi connectivity index (χ2v) is 21.4. The van der Waals surface area contributed by atoms with Crippen LogP contribution in [0.4, 0.5) is 34.1 Å². The molecule has 0 heterocycles. The molecule has 0 radical (unpaired) electrons. The van der Waals surface area contributed by atoms with E-state index in [2.05, 4.69) is 254 Å². The fourth-order valence-electron chi connectivity index (χ4n) is 14.5. The third-order valence-corrected chi connectivity index (χ3v) is 17.4. The van der Waals surface area contributed by atoms with E-state index >= 15 is 0 Å². The van der Waals surface area contributed by atoms with Crippen LogP contribution in [0.1, 0.15) is 72.9 Å². The molecule has 72 heavy (non-hydrogen) atoms. The van der Waals surface area contributed by atoms with Crippen LogP contribution in [0.15, 0.2) is 231 Å². The van der Waals surface area contributed by atoms with Crippen molar-refractivity contribution in [1.29, 1.82) is 0 Å². The number of anilines is 6. The van der Waals surface area contributed by atoms with Gasteiger partial charge in [0.1, 0.15) is 0 Å². The number of hydrogen-bond donors (Lipinski definition) is 0. The van der Waals surface area contributed by atoms with E-state index in [-0.39, 0.29) is 10.8 Å². The van der Waals surface area contributed by atoms with E-state index < -0.39 is 0 Å². The Balaban J connectivity index is 0.963. The van der Waals surface area contributed by atoms with Gasteiger partial charge in [-0.05, 0) is 176 Å². The molecule has 0 amide bonds. The Morgan fingerprint density at radius 2 is 0.903 bits per heavy atom. The van der Waals surface area contributed by atoms with Gasteiger partial charge in [0.25, 0.3) is 0 Å². The van der Waals surface area contributed by atoms with Crippen molar-refractivity contribution in [3.63, 3.8) is 0 Å². The summed E-state index contributed by atoms with van der Waals surface area (Å²) < 4.78 is 0. The average molecular weight is 927 g/mol. The van der Waals surface area contributed by atoms with Gasteiger partial charge in [-0.25, -0.2) is 0 Å². The molecule has 1 fully saturated rings. The highest BCUT2D eigenvalue weighted by Gasteiger charge is 2.59. The summed E-state index contributed by atoms with van der Waals surface area (Å²) in [6, 6.07) is 87.1. The lowest BCUT2D eigenvalue weighted by molar-refractivity contribution is 0.258. The SMILES string of the molecule is CC1(C)c2ccccc2-c2ccc(N(c3ccccc3)c3cccc4c3C35c6c(cccc6N(c6ccccc6)c6ccc(-c7ccc8ccccc8c7-c7ccccc7)cc6)CC3CCCCC5C4)cc21. The molecule has 10 aromatic rings. The van der Waals surface area contributed by atoms with Crippen LogP contribution in [-0.2, 0) is 23.7 Å². The largest absolute Gasteiger partial charge is 0.310 e. The number of benzene rings is 10. The molecule has 0 saturated heterocycles. The Bertz CT molecular complexity index is 3680. The van der Waals surface area contributed by atoms with E-state index in [1.165, 1.54) is 126 Å². The van der Waals surface area contributed by atoms with Crippen molar-refractivity contribution in [1.82, 2.24) is 0 Å². The van der Waals surface area contributed by atoms with Crippen molar-refractivity contribution >= 4 is 44.9 Å². The minimum absolute atomic E-state index is 0.114. The average Bonchev–Trinajstić information content (AvgIpc) is 3.98. The summed E-state index contributed by atoms with van der Waals surface area (Å²) in [5, 5.41) is 2.53. The summed E-state index contributed by atoms with van der Waals surface area (Å²) >= 11 is 0. The molecule has 0 aliphatic heterocycles. The van der Waals surface area contributed by atoms with Crippen LogP contribution in [0.5, 0.6) is 0 Å². The maximum Gasteiger partial charge on any atom is 0.0505 e. The van der Waals surface area contributed by atoms with Gasteiger partial charge in [-0.3, -0.25) is 0 Å². The Labute approximate surface area is 424 Å². The molecule has 14 rings (SSSR count). The molecule has 0 N–H and O–H groups in total. The minimum Gasteiger partial charge on any atom is -0.310 e. The highest BCUT2D eigenvalue weighted by Crippen LogP contribution is 2.67. The summed E-state index contributed by atoms with van der Waals surface area (Å²) in [6.45, 7) is 4.81. The van der Waals surface area contributed by atoms with Gasteiger partial charge in [0.2, 0.25) is 0 Å². The molecule has 3 atom stereocenters.